The molecule has 0 aliphatic carbocycles. The van der Waals surface area contributed by atoms with E-state index in [4.69, 9.17) is 17.2 Å². The molecule has 0 aliphatic rings. The monoisotopic (exact) mass is 227 g/mol. The minimum absolute atomic E-state index is 0.226. The minimum Gasteiger partial charge on any atom is -0.370 e. The van der Waals surface area contributed by atoms with Gasteiger partial charge >= 0.3 is 11.2 Å². The van der Waals surface area contributed by atoms with E-state index in [9.17, 15) is 14.9 Å². The number of nitrogens with zero attached hydrogens (tertiary/aromatic N) is 4. The Morgan fingerprint density at radius 2 is 2.12 bits per heavy atom. The lowest BCUT2D eigenvalue weighted by Crippen LogP contribution is -2.26. The molecule has 0 aromatic carbocycles. The first-order valence-electron chi connectivity index (χ1n) is 3.95. The van der Waals surface area contributed by atoms with Crippen molar-refractivity contribution in [1.29, 1.82) is 0 Å². The average Bonchev–Trinajstić information content (AvgIpc) is 2.12. The molecule has 86 valence electrons. The summed E-state index contributed by atoms with van der Waals surface area (Å²) in [4.78, 5) is 28.1. The van der Waals surface area contributed by atoms with Gasteiger partial charge in [-0.2, -0.15) is 9.98 Å². The van der Waals surface area contributed by atoms with Crippen LogP contribution < -0.4 is 22.8 Å². The highest BCUT2D eigenvalue weighted by atomic mass is 16.6. The number of nitrogens with two attached hydrogens (primary N) is 3. The fraction of sp³-hybridized carbons (Fsp3) is 0.167. The Bertz CT molecular complexity index is 528. The van der Waals surface area contributed by atoms with E-state index in [1.165, 1.54) is 7.05 Å². The molecule has 16 heavy (non-hydrogen) atoms. The number of nitro groups is 1. The van der Waals surface area contributed by atoms with Crippen LogP contribution in [0.15, 0.2) is 9.79 Å². The number of guanidine groups is 1. The van der Waals surface area contributed by atoms with E-state index < -0.39 is 27.9 Å². The van der Waals surface area contributed by atoms with Crippen molar-refractivity contribution in [2.45, 2.75) is 0 Å². The quantitative estimate of drug-likeness (QED) is 0.231. The maximum atomic E-state index is 11.5. The van der Waals surface area contributed by atoms with Crippen LogP contribution >= 0.6 is 0 Å². The number of anilines is 1. The molecule has 0 spiro atoms. The Morgan fingerprint density at radius 3 is 2.56 bits per heavy atom. The zero-order valence-electron chi connectivity index (χ0n) is 8.25. The van der Waals surface area contributed by atoms with Crippen molar-refractivity contribution in [3.05, 3.63) is 20.5 Å². The first kappa shape index (κ1) is 11.4. The van der Waals surface area contributed by atoms with Gasteiger partial charge in [-0.1, -0.05) is 0 Å². The van der Waals surface area contributed by atoms with Gasteiger partial charge in [0.25, 0.3) is 0 Å². The Kier molecular flexibility index (Phi) is 2.74. The fourth-order valence-electron chi connectivity index (χ4n) is 0.955. The highest BCUT2D eigenvalue weighted by Crippen LogP contribution is 2.20. The van der Waals surface area contributed by atoms with Crippen molar-refractivity contribution in [2.24, 2.45) is 23.5 Å². The molecule has 0 unspecified atom stereocenters. The Labute approximate surface area is 88.5 Å². The second-order valence-corrected chi connectivity index (χ2v) is 2.80. The molecule has 1 rings (SSSR count). The van der Waals surface area contributed by atoms with Crippen LogP contribution in [0.1, 0.15) is 0 Å². The third kappa shape index (κ3) is 1.89. The number of hydrogen-bond donors (Lipinski definition) is 3. The molecule has 1 aromatic heterocycles. The summed E-state index contributed by atoms with van der Waals surface area (Å²) in [5.74, 6) is -1.19. The van der Waals surface area contributed by atoms with Gasteiger partial charge in [-0.15, -0.1) is 0 Å². The normalized spacial score (nSPS) is 9.81. The molecule has 1 heterocycles. The summed E-state index contributed by atoms with van der Waals surface area (Å²) in [6.07, 6.45) is 0. The predicted octanol–water partition coefficient (Wildman–Crippen LogP) is -1.82. The third-order valence-corrected chi connectivity index (χ3v) is 1.70. The van der Waals surface area contributed by atoms with E-state index in [0.717, 1.165) is 4.57 Å². The van der Waals surface area contributed by atoms with Crippen molar-refractivity contribution < 1.29 is 4.92 Å². The number of aliphatic imine (C=N–C) groups is 1. The Morgan fingerprint density at radius 1 is 1.56 bits per heavy atom. The van der Waals surface area contributed by atoms with Gasteiger partial charge in [-0.25, -0.2) is 0 Å². The highest BCUT2D eigenvalue weighted by molar-refractivity contribution is 5.79. The summed E-state index contributed by atoms with van der Waals surface area (Å²) in [5.41, 5.74) is 13.7. The maximum absolute atomic E-state index is 11.5. The van der Waals surface area contributed by atoms with Gasteiger partial charge < -0.3 is 17.2 Å². The van der Waals surface area contributed by atoms with Gasteiger partial charge in [0.05, 0.1) is 4.92 Å². The zero-order chi connectivity index (χ0) is 12.5. The second kappa shape index (κ2) is 3.84. The van der Waals surface area contributed by atoms with Crippen LogP contribution in [-0.2, 0) is 7.05 Å². The lowest BCUT2D eigenvalue weighted by molar-refractivity contribution is -0.385. The Balaban J connectivity index is 3.67. The van der Waals surface area contributed by atoms with Crippen LogP contribution in [0.3, 0.4) is 0 Å². The molecule has 0 saturated carbocycles. The van der Waals surface area contributed by atoms with Crippen molar-refractivity contribution in [3.8, 4) is 0 Å². The average molecular weight is 227 g/mol. The molecule has 10 heteroatoms. The molecular formula is C6H9N7O3. The molecule has 0 aliphatic heterocycles. The van der Waals surface area contributed by atoms with Crippen molar-refractivity contribution in [2.75, 3.05) is 5.73 Å². The molecule has 0 bridgehead atoms. The van der Waals surface area contributed by atoms with Crippen molar-refractivity contribution in [1.82, 2.24) is 9.55 Å². The minimum atomic E-state index is -0.933. The van der Waals surface area contributed by atoms with Crippen molar-refractivity contribution in [3.63, 3.8) is 0 Å². The van der Waals surface area contributed by atoms with Crippen LogP contribution in [0.2, 0.25) is 0 Å². The van der Waals surface area contributed by atoms with Crippen LogP contribution in [0.5, 0.6) is 0 Å². The smallest absolute Gasteiger partial charge is 0.370 e. The van der Waals surface area contributed by atoms with E-state index in [1.807, 2.05) is 0 Å². The molecule has 1 aromatic rings. The van der Waals surface area contributed by atoms with Gasteiger partial charge in [-0.3, -0.25) is 19.5 Å². The number of rotatable bonds is 2. The standard InChI is InChI=1S/C6H9N7O3/c1-12-4(14)2(13(15)16)3(10-5(7)8)11-6(12)9/h1H3,(H2,9,11)(H4,7,8,10). The number of nitrogen functional groups attached to an aromatic ring is 1. The van der Waals surface area contributed by atoms with E-state index in [2.05, 4.69) is 9.98 Å². The lowest BCUT2D eigenvalue weighted by atomic mass is 10.4. The van der Waals surface area contributed by atoms with E-state index in [1.54, 1.807) is 0 Å². The molecule has 0 radical (unpaired) electrons. The predicted molar refractivity (Wildman–Crippen MR) is 56.0 cm³/mol. The summed E-state index contributed by atoms with van der Waals surface area (Å²) in [7, 11) is 1.25. The van der Waals surface area contributed by atoms with Crippen molar-refractivity contribution >= 4 is 23.4 Å². The summed E-state index contributed by atoms with van der Waals surface area (Å²) in [5, 5.41) is 10.6. The van der Waals surface area contributed by atoms with Crippen LogP contribution in [0.25, 0.3) is 0 Å². The Hall–Kier alpha value is -2.65. The van der Waals surface area contributed by atoms with E-state index in [0.29, 0.717) is 0 Å². The van der Waals surface area contributed by atoms with E-state index in [-0.39, 0.29) is 5.95 Å². The topological polar surface area (TPSA) is 168 Å². The maximum Gasteiger partial charge on any atom is 0.378 e. The highest BCUT2D eigenvalue weighted by Gasteiger charge is 2.23. The van der Waals surface area contributed by atoms with Gasteiger partial charge in [0.2, 0.25) is 11.8 Å². The fourth-order valence-corrected chi connectivity index (χ4v) is 0.955. The SMILES string of the molecule is Cn1c(N)nc(N=C(N)N)c([N+](=O)[O-])c1=O. The largest absolute Gasteiger partial charge is 0.378 e. The second-order valence-electron chi connectivity index (χ2n) is 2.80. The first-order valence-corrected chi connectivity index (χ1v) is 3.95. The van der Waals surface area contributed by atoms with Crippen LogP contribution in [-0.4, -0.2) is 20.4 Å². The van der Waals surface area contributed by atoms with E-state index >= 15 is 0 Å². The van der Waals surface area contributed by atoms with Crippen LogP contribution in [0.4, 0.5) is 17.5 Å². The number of hydrogen-bond acceptors (Lipinski definition) is 6. The van der Waals surface area contributed by atoms with Gasteiger partial charge in [0.15, 0.2) is 5.96 Å². The number of aromatic nitrogens is 2. The summed E-state index contributed by atoms with van der Waals surface area (Å²) >= 11 is 0. The summed E-state index contributed by atoms with van der Waals surface area (Å²) in [6, 6.07) is 0. The molecule has 6 N–H and O–H groups in total. The van der Waals surface area contributed by atoms with Gasteiger partial charge in [0, 0.05) is 7.05 Å². The summed E-state index contributed by atoms with van der Waals surface area (Å²) < 4.78 is 0.823. The summed E-state index contributed by atoms with van der Waals surface area (Å²) in [6.45, 7) is 0. The molecular weight excluding hydrogens is 218 g/mol. The molecule has 0 fully saturated rings. The third-order valence-electron chi connectivity index (χ3n) is 1.70. The molecule has 0 saturated heterocycles. The molecule has 0 atom stereocenters. The van der Waals surface area contributed by atoms with Crippen LogP contribution in [0, 0.1) is 10.1 Å². The molecule has 10 nitrogen and oxygen atoms in total. The zero-order valence-corrected chi connectivity index (χ0v) is 8.25. The lowest BCUT2D eigenvalue weighted by Gasteiger charge is -2.03. The van der Waals surface area contributed by atoms with Gasteiger partial charge in [0.1, 0.15) is 0 Å². The van der Waals surface area contributed by atoms with Gasteiger partial charge in [-0.05, 0) is 0 Å². The first-order chi connectivity index (χ1) is 7.34. The molecule has 0 amide bonds.